The Morgan fingerprint density at radius 3 is 2.59 bits per heavy atom. The van der Waals surface area contributed by atoms with E-state index in [4.69, 9.17) is 11.6 Å². The van der Waals surface area contributed by atoms with E-state index in [1.54, 1.807) is 11.8 Å². The van der Waals surface area contributed by atoms with Crippen LogP contribution in [-0.4, -0.2) is 21.6 Å². The van der Waals surface area contributed by atoms with Crippen molar-refractivity contribution in [3.05, 3.63) is 77.8 Å². The highest BCUT2D eigenvalue weighted by molar-refractivity contribution is 7.99. The molecule has 2 N–H and O–H groups in total. The van der Waals surface area contributed by atoms with Gasteiger partial charge in [-0.25, -0.2) is 4.98 Å². The fraction of sp³-hybridized carbons (Fsp3) is 0.130. The molecule has 0 saturated carbocycles. The van der Waals surface area contributed by atoms with Crippen LogP contribution in [0.5, 0.6) is 0 Å². The van der Waals surface area contributed by atoms with Crippen molar-refractivity contribution in [1.82, 2.24) is 9.97 Å². The second kappa shape index (κ2) is 9.16. The van der Waals surface area contributed by atoms with E-state index in [9.17, 15) is 4.79 Å². The predicted molar refractivity (Wildman–Crippen MR) is 122 cm³/mol. The zero-order valence-corrected chi connectivity index (χ0v) is 17.3. The fourth-order valence-electron chi connectivity index (χ4n) is 3.05. The Morgan fingerprint density at radius 1 is 1.00 bits per heavy atom. The molecule has 4 rings (SSSR count). The van der Waals surface area contributed by atoms with Gasteiger partial charge in [-0.3, -0.25) is 4.79 Å². The molecule has 1 aromatic heterocycles. The van der Waals surface area contributed by atoms with Crippen molar-refractivity contribution >= 4 is 46.0 Å². The third-order valence-electron chi connectivity index (χ3n) is 4.48. The quantitative estimate of drug-likeness (QED) is 0.268. The Labute approximate surface area is 178 Å². The summed E-state index contributed by atoms with van der Waals surface area (Å²) in [6, 6.07) is 23.4. The number of benzene rings is 3. The van der Waals surface area contributed by atoms with Gasteiger partial charge in [-0.05, 0) is 60.7 Å². The molecular weight excluding hydrogens is 402 g/mol. The van der Waals surface area contributed by atoms with Crippen molar-refractivity contribution in [3.63, 3.8) is 0 Å². The van der Waals surface area contributed by atoms with Gasteiger partial charge in [0.2, 0.25) is 5.91 Å². The first-order valence-electron chi connectivity index (χ1n) is 9.41. The number of hydrogen-bond donors (Lipinski definition) is 2. The summed E-state index contributed by atoms with van der Waals surface area (Å²) in [7, 11) is 0. The minimum absolute atomic E-state index is 0.00488. The average Bonchev–Trinajstić information content (AvgIpc) is 3.17. The number of aromatic amines is 1. The highest BCUT2D eigenvalue weighted by Gasteiger charge is 2.11. The summed E-state index contributed by atoms with van der Waals surface area (Å²) in [4.78, 5) is 21.6. The smallest absolute Gasteiger partial charge is 0.224 e. The number of anilines is 1. The number of halogens is 1. The first-order chi connectivity index (χ1) is 14.2. The summed E-state index contributed by atoms with van der Waals surface area (Å²) in [6.45, 7) is 0. The van der Waals surface area contributed by atoms with E-state index >= 15 is 0 Å². The molecule has 0 aliphatic heterocycles. The third-order valence-corrected chi connectivity index (χ3v) is 5.83. The molecule has 146 valence electrons. The van der Waals surface area contributed by atoms with Crippen molar-refractivity contribution in [2.75, 3.05) is 11.1 Å². The van der Waals surface area contributed by atoms with Gasteiger partial charge in [-0.15, -0.1) is 11.8 Å². The summed E-state index contributed by atoms with van der Waals surface area (Å²) in [5.41, 5.74) is 3.53. The summed E-state index contributed by atoms with van der Waals surface area (Å²) in [5, 5.41) is 3.77. The number of aromatic nitrogens is 2. The molecule has 0 spiro atoms. The van der Waals surface area contributed by atoms with Gasteiger partial charge >= 0.3 is 0 Å². The van der Waals surface area contributed by atoms with Gasteiger partial charge in [0.15, 0.2) is 0 Å². The van der Waals surface area contributed by atoms with Crippen molar-refractivity contribution in [2.45, 2.75) is 17.7 Å². The normalized spacial score (nSPS) is 10.9. The van der Waals surface area contributed by atoms with E-state index < -0.39 is 0 Å². The summed E-state index contributed by atoms with van der Waals surface area (Å²) in [6.07, 6.45) is 1.26. The van der Waals surface area contributed by atoms with E-state index in [0.717, 1.165) is 50.2 Å². The van der Waals surface area contributed by atoms with Gasteiger partial charge < -0.3 is 10.3 Å². The van der Waals surface area contributed by atoms with Crippen molar-refractivity contribution < 1.29 is 4.79 Å². The second-order valence-corrected chi connectivity index (χ2v) is 8.21. The molecule has 1 amide bonds. The Bertz CT molecular complexity index is 1090. The van der Waals surface area contributed by atoms with E-state index in [0.29, 0.717) is 6.42 Å². The monoisotopic (exact) mass is 421 g/mol. The largest absolute Gasteiger partial charge is 0.338 e. The molecule has 6 heteroatoms. The number of imidazole rings is 1. The number of carbonyl (C=O) groups is 1. The predicted octanol–water partition coefficient (Wildman–Crippen LogP) is 6.39. The van der Waals surface area contributed by atoms with Crippen LogP contribution in [0.1, 0.15) is 12.8 Å². The molecular formula is C23H20ClN3OS. The van der Waals surface area contributed by atoms with Crippen LogP contribution in [0.25, 0.3) is 22.4 Å². The number of para-hydroxylation sites is 3. The van der Waals surface area contributed by atoms with Crippen molar-refractivity contribution in [3.8, 4) is 11.4 Å². The molecule has 0 atom stereocenters. The van der Waals surface area contributed by atoms with Crippen LogP contribution in [0.2, 0.25) is 5.02 Å². The van der Waals surface area contributed by atoms with E-state index in [1.165, 1.54) is 0 Å². The lowest BCUT2D eigenvalue weighted by Gasteiger charge is -2.09. The van der Waals surface area contributed by atoms with E-state index in [1.807, 2.05) is 72.8 Å². The molecule has 0 saturated heterocycles. The SMILES string of the molecule is O=C(CCCSc1ccc(Cl)cc1)Nc1ccccc1-c1nc2ccccc2[nH]1. The minimum Gasteiger partial charge on any atom is -0.338 e. The number of hydrogen-bond acceptors (Lipinski definition) is 3. The second-order valence-electron chi connectivity index (χ2n) is 6.60. The Kier molecular flexibility index (Phi) is 6.17. The zero-order chi connectivity index (χ0) is 20.1. The molecule has 0 fully saturated rings. The molecule has 0 aliphatic rings. The Morgan fingerprint density at radius 2 is 1.76 bits per heavy atom. The molecule has 4 nitrogen and oxygen atoms in total. The summed E-state index contributed by atoms with van der Waals surface area (Å²) >= 11 is 7.63. The van der Waals surface area contributed by atoms with Gasteiger partial charge in [-0.1, -0.05) is 35.9 Å². The van der Waals surface area contributed by atoms with Crippen molar-refractivity contribution in [1.29, 1.82) is 0 Å². The van der Waals surface area contributed by atoms with Crippen LogP contribution in [0.3, 0.4) is 0 Å². The highest BCUT2D eigenvalue weighted by atomic mass is 35.5. The lowest BCUT2D eigenvalue weighted by molar-refractivity contribution is -0.116. The van der Waals surface area contributed by atoms with Gasteiger partial charge in [-0.2, -0.15) is 0 Å². The van der Waals surface area contributed by atoms with Crippen LogP contribution in [0.15, 0.2) is 77.7 Å². The molecule has 0 unspecified atom stereocenters. The van der Waals surface area contributed by atoms with E-state index in [2.05, 4.69) is 15.3 Å². The average molecular weight is 422 g/mol. The van der Waals surface area contributed by atoms with Crippen molar-refractivity contribution in [2.24, 2.45) is 0 Å². The molecule has 3 aromatic carbocycles. The topological polar surface area (TPSA) is 57.8 Å². The Hall–Kier alpha value is -2.76. The maximum Gasteiger partial charge on any atom is 0.224 e. The van der Waals surface area contributed by atoms with Crippen LogP contribution < -0.4 is 5.32 Å². The van der Waals surface area contributed by atoms with E-state index in [-0.39, 0.29) is 5.91 Å². The number of amides is 1. The van der Waals surface area contributed by atoms with Crippen LogP contribution >= 0.6 is 23.4 Å². The fourth-order valence-corrected chi connectivity index (χ4v) is 4.02. The molecule has 0 aliphatic carbocycles. The van der Waals surface area contributed by atoms with Gasteiger partial charge in [0.25, 0.3) is 0 Å². The molecule has 1 heterocycles. The lowest BCUT2D eigenvalue weighted by Crippen LogP contribution is -2.12. The highest BCUT2D eigenvalue weighted by Crippen LogP contribution is 2.28. The summed E-state index contributed by atoms with van der Waals surface area (Å²) < 4.78 is 0. The maximum absolute atomic E-state index is 12.5. The lowest BCUT2D eigenvalue weighted by atomic mass is 10.1. The number of nitrogens with one attached hydrogen (secondary N) is 2. The number of carbonyl (C=O) groups excluding carboxylic acids is 1. The number of thioether (sulfide) groups is 1. The molecule has 0 radical (unpaired) electrons. The zero-order valence-electron chi connectivity index (χ0n) is 15.7. The van der Waals surface area contributed by atoms with Gasteiger partial charge in [0.05, 0.1) is 16.7 Å². The van der Waals surface area contributed by atoms with Crippen LogP contribution in [0.4, 0.5) is 5.69 Å². The van der Waals surface area contributed by atoms with Gasteiger partial charge in [0, 0.05) is 21.9 Å². The number of H-pyrrole nitrogens is 1. The summed E-state index contributed by atoms with van der Waals surface area (Å²) in [5.74, 6) is 1.63. The minimum atomic E-state index is 0.00488. The third kappa shape index (κ3) is 5.00. The molecule has 0 bridgehead atoms. The first kappa shape index (κ1) is 19.6. The maximum atomic E-state index is 12.5. The standard InChI is InChI=1S/C23H20ClN3OS/c24-16-11-13-17(14-12-16)29-15-5-10-22(28)25-19-7-2-1-6-18(19)23-26-20-8-3-4-9-21(20)27-23/h1-4,6-9,11-14H,5,10,15H2,(H,25,28)(H,26,27). The van der Waals surface area contributed by atoms with Gasteiger partial charge in [0.1, 0.15) is 5.82 Å². The Balaban J connectivity index is 1.36. The van der Waals surface area contributed by atoms with Crippen LogP contribution in [-0.2, 0) is 4.79 Å². The number of rotatable bonds is 7. The first-order valence-corrected chi connectivity index (χ1v) is 10.8. The molecule has 4 aromatic rings. The molecule has 29 heavy (non-hydrogen) atoms. The number of nitrogens with zero attached hydrogens (tertiary/aromatic N) is 1. The number of fused-ring (bicyclic) bond motifs is 1. The van der Waals surface area contributed by atoms with Crippen LogP contribution in [0, 0.1) is 0 Å².